The molecule has 2 atom stereocenters. The fourth-order valence-electron chi connectivity index (χ4n) is 0.816. The van der Waals surface area contributed by atoms with Gasteiger partial charge >= 0.3 is 0 Å². The summed E-state index contributed by atoms with van der Waals surface area (Å²) in [4.78, 5) is 0. The second-order valence-electron chi connectivity index (χ2n) is 2.34. The lowest BCUT2D eigenvalue weighted by Gasteiger charge is -1.81. The van der Waals surface area contributed by atoms with Crippen molar-refractivity contribution in [3.8, 4) is 0 Å². The second-order valence-corrected chi connectivity index (χ2v) is 3.38. The van der Waals surface area contributed by atoms with Crippen LogP contribution in [0.3, 0.4) is 0 Å². The number of nitrogen functional groups attached to an aromatic ring is 1. The summed E-state index contributed by atoms with van der Waals surface area (Å²) in [5.74, 6) is -0.00481. The van der Waals surface area contributed by atoms with E-state index in [2.05, 4.69) is 10.2 Å². The van der Waals surface area contributed by atoms with E-state index >= 15 is 0 Å². The Morgan fingerprint density at radius 2 is 2.30 bits per heavy atom. The number of alkyl halides is 1. The lowest BCUT2D eigenvalue weighted by atomic mass is 10.5. The average molecular weight is 159 g/mol. The molecule has 0 bridgehead atoms. The van der Waals surface area contributed by atoms with E-state index in [9.17, 15) is 4.39 Å². The molecule has 2 rings (SSSR count). The number of halogens is 1. The zero-order chi connectivity index (χ0) is 7.14. The second kappa shape index (κ2) is 1.88. The smallest absolute Gasteiger partial charge is 0.203 e. The lowest BCUT2D eigenvalue weighted by molar-refractivity contribution is 0.467. The molecule has 0 unspecified atom stereocenters. The Morgan fingerprint density at radius 3 is 2.70 bits per heavy atom. The summed E-state index contributed by atoms with van der Waals surface area (Å²) in [6.45, 7) is 0. The van der Waals surface area contributed by atoms with Crippen LogP contribution in [0, 0.1) is 0 Å². The zero-order valence-electron chi connectivity index (χ0n) is 5.12. The van der Waals surface area contributed by atoms with Gasteiger partial charge < -0.3 is 5.73 Å². The Hall–Kier alpha value is -0.710. The number of anilines is 1. The molecule has 1 fully saturated rings. The Balaban J connectivity index is 2.20. The number of hydrogen-bond acceptors (Lipinski definition) is 4. The van der Waals surface area contributed by atoms with E-state index in [-0.39, 0.29) is 5.92 Å². The predicted molar refractivity (Wildman–Crippen MR) is 36.6 cm³/mol. The lowest BCUT2D eigenvalue weighted by Crippen LogP contribution is -1.81. The van der Waals surface area contributed by atoms with Crippen molar-refractivity contribution in [3.05, 3.63) is 5.01 Å². The fourth-order valence-corrected chi connectivity index (χ4v) is 1.59. The number of rotatable bonds is 1. The average Bonchev–Trinajstić information content (AvgIpc) is 2.42. The van der Waals surface area contributed by atoms with Gasteiger partial charge in [0.15, 0.2) is 0 Å². The highest BCUT2D eigenvalue weighted by Gasteiger charge is 2.41. The molecule has 1 saturated carbocycles. The number of nitrogens with zero attached hydrogens (tertiary/aromatic N) is 2. The topological polar surface area (TPSA) is 51.8 Å². The summed E-state index contributed by atoms with van der Waals surface area (Å²) in [7, 11) is 0. The molecule has 0 aromatic carbocycles. The standard InChI is InChI=1S/C5H6FN3S/c6-3-1-2(3)4-8-9-5(7)10-4/h2-3H,1H2,(H2,7,9)/t2-,3-/m1/s1. The van der Waals surface area contributed by atoms with Crippen molar-refractivity contribution in [3.63, 3.8) is 0 Å². The molecule has 1 aliphatic rings. The molecule has 0 saturated heterocycles. The molecule has 0 amide bonds. The van der Waals surface area contributed by atoms with Crippen LogP contribution in [0.1, 0.15) is 17.3 Å². The van der Waals surface area contributed by atoms with E-state index in [4.69, 9.17) is 5.73 Å². The number of nitrogens with two attached hydrogens (primary N) is 1. The minimum Gasteiger partial charge on any atom is -0.374 e. The van der Waals surface area contributed by atoms with Crippen molar-refractivity contribution < 1.29 is 4.39 Å². The Labute approximate surface area is 61.1 Å². The van der Waals surface area contributed by atoms with E-state index in [1.165, 1.54) is 11.3 Å². The molecule has 0 aliphatic heterocycles. The van der Waals surface area contributed by atoms with Crippen LogP contribution in [0.15, 0.2) is 0 Å². The minimum atomic E-state index is -0.702. The molecule has 5 heteroatoms. The van der Waals surface area contributed by atoms with Crippen molar-refractivity contribution >= 4 is 16.5 Å². The zero-order valence-corrected chi connectivity index (χ0v) is 5.94. The molecular formula is C5H6FN3S. The molecule has 0 radical (unpaired) electrons. The van der Waals surface area contributed by atoms with Gasteiger partial charge in [0.25, 0.3) is 0 Å². The van der Waals surface area contributed by atoms with Gasteiger partial charge in [-0.1, -0.05) is 11.3 Å². The van der Waals surface area contributed by atoms with Gasteiger partial charge in [-0.2, -0.15) is 0 Å². The third kappa shape index (κ3) is 0.862. The van der Waals surface area contributed by atoms with Gasteiger partial charge in [-0.3, -0.25) is 0 Å². The normalized spacial score (nSPS) is 30.5. The van der Waals surface area contributed by atoms with Crippen molar-refractivity contribution in [2.75, 3.05) is 5.73 Å². The van der Waals surface area contributed by atoms with Crippen molar-refractivity contribution in [2.24, 2.45) is 0 Å². The molecule has 3 nitrogen and oxygen atoms in total. The van der Waals surface area contributed by atoms with E-state index in [0.717, 1.165) is 5.01 Å². The Bertz CT molecular complexity index is 249. The molecule has 1 aliphatic carbocycles. The van der Waals surface area contributed by atoms with E-state index in [1.807, 2.05) is 0 Å². The Morgan fingerprint density at radius 1 is 1.60 bits per heavy atom. The maximum atomic E-state index is 12.4. The fraction of sp³-hybridized carbons (Fsp3) is 0.600. The molecule has 1 aromatic rings. The van der Waals surface area contributed by atoms with Crippen LogP contribution in [0.4, 0.5) is 9.52 Å². The largest absolute Gasteiger partial charge is 0.374 e. The SMILES string of the molecule is Nc1nnc([C@@H]2C[C@H]2F)s1. The van der Waals surface area contributed by atoms with Gasteiger partial charge in [-0.15, -0.1) is 10.2 Å². The van der Waals surface area contributed by atoms with Gasteiger partial charge in [0.05, 0.1) is 0 Å². The monoisotopic (exact) mass is 159 g/mol. The maximum Gasteiger partial charge on any atom is 0.203 e. The van der Waals surface area contributed by atoms with Gasteiger partial charge in [-0.05, 0) is 6.42 Å². The van der Waals surface area contributed by atoms with Crippen molar-refractivity contribution in [1.29, 1.82) is 0 Å². The van der Waals surface area contributed by atoms with E-state index in [0.29, 0.717) is 11.6 Å². The maximum absolute atomic E-state index is 12.4. The summed E-state index contributed by atoms with van der Waals surface area (Å²) >= 11 is 1.28. The molecule has 10 heavy (non-hydrogen) atoms. The minimum absolute atomic E-state index is 0.00481. The quantitative estimate of drug-likeness (QED) is 0.663. The molecule has 2 N–H and O–H groups in total. The summed E-state index contributed by atoms with van der Waals surface area (Å²) in [5.41, 5.74) is 5.31. The van der Waals surface area contributed by atoms with Crippen LogP contribution in [0.2, 0.25) is 0 Å². The highest BCUT2D eigenvalue weighted by Crippen LogP contribution is 2.44. The highest BCUT2D eigenvalue weighted by atomic mass is 32.1. The summed E-state index contributed by atoms with van der Waals surface area (Å²) in [6.07, 6.45) is -0.110. The van der Waals surface area contributed by atoms with Crippen LogP contribution < -0.4 is 5.73 Å². The number of hydrogen-bond donors (Lipinski definition) is 1. The predicted octanol–water partition coefficient (Wildman–Crippen LogP) is 0.946. The van der Waals surface area contributed by atoms with Crippen LogP contribution in [0.5, 0.6) is 0 Å². The van der Waals surface area contributed by atoms with Crippen LogP contribution in [-0.4, -0.2) is 16.4 Å². The summed E-state index contributed by atoms with van der Waals surface area (Å²) < 4.78 is 12.4. The third-order valence-corrected chi connectivity index (χ3v) is 2.37. The van der Waals surface area contributed by atoms with Crippen LogP contribution in [-0.2, 0) is 0 Å². The molecule has 0 spiro atoms. The van der Waals surface area contributed by atoms with Gasteiger partial charge in [0.1, 0.15) is 11.2 Å². The number of aromatic nitrogens is 2. The van der Waals surface area contributed by atoms with Crippen molar-refractivity contribution in [1.82, 2.24) is 10.2 Å². The first-order valence-corrected chi connectivity index (χ1v) is 3.82. The summed E-state index contributed by atoms with van der Waals surface area (Å²) in [6, 6.07) is 0. The summed E-state index contributed by atoms with van der Waals surface area (Å²) in [5, 5.41) is 8.49. The van der Waals surface area contributed by atoms with E-state index in [1.54, 1.807) is 0 Å². The van der Waals surface area contributed by atoms with Crippen LogP contribution >= 0.6 is 11.3 Å². The molecule has 54 valence electrons. The van der Waals surface area contributed by atoms with Gasteiger partial charge in [0.2, 0.25) is 5.13 Å². The Kier molecular flexibility index (Phi) is 1.14. The first-order valence-electron chi connectivity index (χ1n) is 3.00. The van der Waals surface area contributed by atoms with Gasteiger partial charge in [0, 0.05) is 5.92 Å². The van der Waals surface area contributed by atoms with Gasteiger partial charge in [-0.25, -0.2) is 4.39 Å². The molecular weight excluding hydrogens is 153 g/mol. The molecule has 1 heterocycles. The first-order chi connectivity index (χ1) is 4.77. The van der Waals surface area contributed by atoms with Crippen LogP contribution in [0.25, 0.3) is 0 Å². The van der Waals surface area contributed by atoms with E-state index < -0.39 is 6.17 Å². The third-order valence-electron chi connectivity index (χ3n) is 1.49. The molecule has 1 aromatic heterocycles. The highest BCUT2D eigenvalue weighted by molar-refractivity contribution is 7.15. The first kappa shape index (κ1) is 6.03. The van der Waals surface area contributed by atoms with Crippen molar-refractivity contribution in [2.45, 2.75) is 18.5 Å².